The first-order chi connectivity index (χ1) is 9.02. The van der Waals surface area contributed by atoms with Crippen molar-refractivity contribution in [3.8, 4) is 0 Å². The van der Waals surface area contributed by atoms with Crippen LogP contribution in [0, 0.1) is 5.92 Å². The number of hydrogen-bond acceptors (Lipinski definition) is 4. The van der Waals surface area contributed by atoms with Crippen LogP contribution in [0.1, 0.15) is 52.4 Å². The summed E-state index contributed by atoms with van der Waals surface area (Å²) < 4.78 is 5.23. The van der Waals surface area contributed by atoms with Crippen LogP contribution in [0.15, 0.2) is 12.2 Å². The van der Waals surface area contributed by atoms with Gasteiger partial charge in [0.25, 0.3) is 0 Å². The molecule has 0 aromatic rings. The summed E-state index contributed by atoms with van der Waals surface area (Å²) in [5.41, 5.74) is 0. The van der Waals surface area contributed by atoms with E-state index in [9.17, 15) is 14.7 Å². The number of unbranched alkanes of at least 4 members (excludes halogenated alkanes) is 2. The molecule has 4 nitrogen and oxygen atoms in total. The van der Waals surface area contributed by atoms with E-state index in [-0.39, 0.29) is 30.2 Å². The molecule has 0 heterocycles. The fourth-order valence-electron chi connectivity index (χ4n) is 2.33. The van der Waals surface area contributed by atoms with Crippen LogP contribution in [0.4, 0.5) is 0 Å². The molecule has 2 unspecified atom stereocenters. The number of rotatable bonds is 7. The number of Topliss-reactive ketones (excluding diaryl/α,β-unsaturated/α-hetero) is 1. The summed E-state index contributed by atoms with van der Waals surface area (Å²) in [6.07, 6.45) is 7.47. The predicted molar refractivity (Wildman–Crippen MR) is 72.6 cm³/mol. The molecule has 1 fully saturated rings. The summed E-state index contributed by atoms with van der Waals surface area (Å²) in [7, 11) is 0. The second-order valence-electron chi connectivity index (χ2n) is 5.21. The van der Waals surface area contributed by atoms with E-state index < -0.39 is 6.10 Å². The Morgan fingerprint density at radius 2 is 2.21 bits per heavy atom. The van der Waals surface area contributed by atoms with Crippen LogP contribution in [-0.2, 0) is 14.3 Å². The number of aliphatic hydroxyl groups is 1. The van der Waals surface area contributed by atoms with Crippen molar-refractivity contribution in [3.05, 3.63) is 12.2 Å². The Hall–Kier alpha value is -1.16. The van der Waals surface area contributed by atoms with Crippen LogP contribution >= 0.6 is 0 Å². The zero-order valence-electron chi connectivity index (χ0n) is 11.8. The smallest absolute Gasteiger partial charge is 0.303 e. The summed E-state index contributed by atoms with van der Waals surface area (Å²) in [5, 5.41) is 9.69. The number of aliphatic hydroxyl groups excluding tert-OH is 1. The van der Waals surface area contributed by atoms with Crippen molar-refractivity contribution in [1.82, 2.24) is 0 Å². The Kier molecular flexibility index (Phi) is 6.78. The van der Waals surface area contributed by atoms with Gasteiger partial charge in [-0.3, -0.25) is 9.59 Å². The molecule has 4 heteroatoms. The number of ether oxygens (including phenoxy) is 1. The number of carbonyl (C=O) groups is 2. The van der Waals surface area contributed by atoms with Gasteiger partial charge in [0.15, 0.2) is 0 Å². The first-order valence-corrected chi connectivity index (χ1v) is 7.08. The summed E-state index contributed by atoms with van der Waals surface area (Å²) in [5.74, 6) is -0.330. The average Bonchev–Trinajstić information content (AvgIpc) is 2.64. The van der Waals surface area contributed by atoms with Crippen LogP contribution in [0.5, 0.6) is 0 Å². The van der Waals surface area contributed by atoms with E-state index in [4.69, 9.17) is 4.74 Å². The molecule has 0 spiro atoms. The number of esters is 1. The third kappa shape index (κ3) is 6.01. The highest BCUT2D eigenvalue weighted by Gasteiger charge is 2.29. The standard InChI is InChI=1S/C15H24O4/c1-3-4-5-6-14(19-11(2)16)8-7-12-9-13(17)10-15(12)18/h7-8,12,14-15,18H,3-6,9-10H2,1-2H3/t12?,14-,15?/m0/s1. The first-order valence-electron chi connectivity index (χ1n) is 7.08. The van der Waals surface area contributed by atoms with Crippen LogP contribution in [-0.4, -0.2) is 29.1 Å². The van der Waals surface area contributed by atoms with E-state index in [1.54, 1.807) is 0 Å². The molecule has 0 radical (unpaired) electrons. The monoisotopic (exact) mass is 268 g/mol. The van der Waals surface area contributed by atoms with Crippen LogP contribution in [0.2, 0.25) is 0 Å². The maximum absolute atomic E-state index is 11.2. The zero-order chi connectivity index (χ0) is 14.3. The van der Waals surface area contributed by atoms with Crippen LogP contribution in [0.3, 0.4) is 0 Å². The summed E-state index contributed by atoms with van der Waals surface area (Å²) in [6.45, 7) is 3.52. The van der Waals surface area contributed by atoms with Crippen molar-refractivity contribution in [1.29, 1.82) is 0 Å². The number of ketones is 1. The van der Waals surface area contributed by atoms with Gasteiger partial charge in [-0.1, -0.05) is 25.8 Å². The fourth-order valence-corrected chi connectivity index (χ4v) is 2.33. The lowest BCUT2D eigenvalue weighted by atomic mass is 10.0. The minimum absolute atomic E-state index is 0.0946. The molecule has 3 atom stereocenters. The largest absolute Gasteiger partial charge is 0.458 e. The van der Waals surface area contributed by atoms with Crippen molar-refractivity contribution in [2.45, 2.75) is 64.6 Å². The normalized spacial score (nSPS) is 24.9. The van der Waals surface area contributed by atoms with Crippen molar-refractivity contribution in [3.63, 3.8) is 0 Å². The van der Waals surface area contributed by atoms with Gasteiger partial charge in [-0.25, -0.2) is 0 Å². The van der Waals surface area contributed by atoms with E-state index in [1.165, 1.54) is 6.92 Å². The molecule has 1 aliphatic carbocycles. The molecule has 0 saturated heterocycles. The van der Waals surface area contributed by atoms with Gasteiger partial charge in [0.2, 0.25) is 0 Å². The second-order valence-corrected chi connectivity index (χ2v) is 5.21. The van der Waals surface area contributed by atoms with E-state index in [0.29, 0.717) is 6.42 Å². The Morgan fingerprint density at radius 3 is 2.74 bits per heavy atom. The predicted octanol–water partition coefficient (Wildman–Crippen LogP) is 2.39. The maximum atomic E-state index is 11.2. The third-order valence-corrected chi connectivity index (χ3v) is 3.38. The van der Waals surface area contributed by atoms with Crippen molar-refractivity contribution < 1.29 is 19.4 Å². The van der Waals surface area contributed by atoms with E-state index >= 15 is 0 Å². The van der Waals surface area contributed by atoms with Gasteiger partial charge in [0.1, 0.15) is 11.9 Å². The lowest BCUT2D eigenvalue weighted by molar-refractivity contribution is -0.144. The second kappa shape index (κ2) is 8.10. The van der Waals surface area contributed by atoms with Gasteiger partial charge in [-0.15, -0.1) is 0 Å². The molecule has 0 aromatic carbocycles. The van der Waals surface area contributed by atoms with Gasteiger partial charge >= 0.3 is 5.97 Å². The summed E-state index contributed by atoms with van der Waals surface area (Å²) in [6, 6.07) is 0. The minimum Gasteiger partial charge on any atom is -0.458 e. The highest BCUT2D eigenvalue weighted by atomic mass is 16.5. The first kappa shape index (κ1) is 15.9. The molecule has 1 saturated carbocycles. The highest BCUT2D eigenvalue weighted by molar-refractivity contribution is 5.81. The molecular formula is C15H24O4. The SMILES string of the molecule is CCCCC[C@@H](C=CC1CC(=O)CC1O)OC(C)=O. The van der Waals surface area contributed by atoms with Gasteiger partial charge in [-0.2, -0.15) is 0 Å². The summed E-state index contributed by atoms with van der Waals surface area (Å²) >= 11 is 0. The topological polar surface area (TPSA) is 63.6 Å². The van der Waals surface area contributed by atoms with Gasteiger partial charge < -0.3 is 9.84 Å². The Morgan fingerprint density at radius 1 is 1.47 bits per heavy atom. The van der Waals surface area contributed by atoms with Crippen LogP contribution in [0.25, 0.3) is 0 Å². The molecule has 1 aliphatic rings. The van der Waals surface area contributed by atoms with E-state index in [0.717, 1.165) is 25.7 Å². The highest BCUT2D eigenvalue weighted by Crippen LogP contribution is 2.24. The minimum atomic E-state index is -0.586. The zero-order valence-corrected chi connectivity index (χ0v) is 11.8. The molecule has 0 aliphatic heterocycles. The lowest BCUT2D eigenvalue weighted by Gasteiger charge is -2.14. The van der Waals surface area contributed by atoms with E-state index in [1.807, 2.05) is 12.2 Å². The van der Waals surface area contributed by atoms with Crippen LogP contribution < -0.4 is 0 Å². The number of hydrogen-bond donors (Lipinski definition) is 1. The fraction of sp³-hybridized carbons (Fsp3) is 0.733. The third-order valence-electron chi connectivity index (χ3n) is 3.38. The van der Waals surface area contributed by atoms with Gasteiger partial charge in [-0.05, 0) is 18.9 Å². The molecule has 1 N–H and O–H groups in total. The van der Waals surface area contributed by atoms with E-state index in [2.05, 4.69) is 6.92 Å². The molecule has 1 rings (SSSR count). The van der Waals surface area contributed by atoms with Gasteiger partial charge in [0, 0.05) is 25.7 Å². The lowest BCUT2D eigenvalue weighted by Crippen LogP contribution is -2.16. The molecule has 0 amide bonds. The molecule has 0 bridgehead atoms. The molecule has 19 heavy (non-hydrogen) atoms. The molecule has 108 valence electrons. The average molecular weight is 268 g/mol. The summed E-state index contributed by atoms with van der Waals surface area (Å²) in [4.78, 5) is 22.3. The Labute approximate surface area is 114 Å². The van der Waals surface area contributed by atoms with Crippen molar-refractivity contribution in [2.75, 3.05) is 0 Å². The maximum Gasteiger partial charge on any atom is 0.303 e. The Bertz CT molecular complexity index is 335. The number of carbonyl (C=O) groups excluding carboxylic acids is 2. The van der Waals surface area contributed by atoms with Crippen molar-refractivity contribution in [2.24, 2.45) is 5.92 Å². The quantitative estimate of drug-likeness (QED) is 0.437. The molecular weight excluding hydrogens is 244 g/mol. The molecule has 0 aromatic heterocycles. The van der Waals surface area contributed by atoms with Gasteiger partial charge in [0.05, 0.1) is 6.10 Å². The Balaban J connectivity index is 2.50. The van der Waals surface area contributed by atoms with Crippen molar-refractivity contribution >= 4 is 11.8 Å².